The molecule has 2 heterocycles. The first kappa shape index (κ1) is 24.7. The molecule has 186 valence electrons. The fraction of sp³-hybridized carbons (Fsp3) is 0.321. The minimum absolute atomic E-state index is 0.470. The maximum atomic E-state index is 6.27. The molecule has 36 heavy (non-hydrogen) atoms. The van der Waals surface area contributed by atoms with Crippen LogP contribution in [0.25, 0.3) is 22.2 Å². The van der Waals surface area contributed by atoms with E-state index in [9.17, 15) is 0 Å². The van der Waals surface area contributed by atoms with E-state index < -0.39 is 0 Å². The van der Waals surface area contributed by atoms with Crippen molar-refractivity contribution in [3.8, 4) is 17.0 Å². The number of nitrogens with one attached hydrogen (secondary N) is 2. The molecule has 0 aliphatic heterocycles. The number of nitrogens with zero attached hydrogens (tertiary/aromatic N) is 3. The topological polar surface area (TPSA) is 72.0 Å². The molecule has 2 aromatic heterocycles. The smallest absolute Gasteiger partial charge is 0.223 e. The van der Waals surface area contributed by atoms with Crippen molar-refractivity contribution >= 4 is 46.1 Å². The summed E-state index contributed by atoms with van der Waals surface area (Å²) in [4.78, 5) is 15.2. The molecule has 1 aliphatic rings. The maximum absolute atomic E-state index is 6.27. The van der Waals surface area contributed by atoms with Crippen LogP contribution in [0.2, 0.25) is 5.02 Å². The summed E-state index contributed by atoms with van der Waals surface area (Å²) >= 11 is 7.72. The van der Waals surface area contributed by atoms with Crippen LogP contribution in [0.5, 0.6) is 5.75 Å². The van der Waals surface area contributed by atoms with Crippen molar-refractivity contribution in [2.24, 2.45) is 0 Å². The summed E-state index contributed by atoms with van der Waals surface area (Å²) in [5.74, 6) is 1.41. The van der Waals surface area contributed by atoms with Gasteiger partial charge in [-0.25, -0.2) is 9.97 Å². The average molecular weight is 520 g/mol. The lowest BCUT2D eigenvalue weighted by molar-refractivity contribution is 0.415. The van der Waals surface area contributed by atoms with Gasteiger partial charge in [-0.15, -0.1) is 0 Å². The number of benzene rings is 2. The van der Waals surface area contributed by atoms with Crippen LogP contribution in [0.15, 0.2) is 59.8 Å². The Hall–Kier alpha value is -3.03. The van der Waals surface area contributed by atoms with Crippen molar-refractivity contribution in [3.63, 3.8) is 0 Å². The van der Waals surface area contributed by atoms with E-state index in [1.165, 1.54) is 44.1 Å². The van der Waals surface area contributed by atoms with Crippen LogP contribution >= 0.6 is 23.5 Å². The van der Waals surface area contributed by atoms with Crippen LogP contribution in [-0.4, -0.2) is 28.1 Å². The van der Waals surface area contributed by atoms with Gasteiger partial charge in [-0.05, 0) is 61.0 Å². The van der Waals surface area contributed by atoms with Gasteiger partial charge in [0.1, 0.15) is 11.4 Å². The Labute approximate surface area is 221 Å². The van der Waals surface area contributed by atoms with Gasteiger partial charge in [0, 0.05) is 34.2 Å². The molecule has 2 N–H and O–H groups in total. The minimum Gasteiger partial charge on any atom is -0.494 e. The number of fused-ring (bicyclic) bond motifs is 1. The Bertz CT molecular complexity index is 1360. The van der Waals surface area contributed by atoms with E-state index in [0.717, 1.165) is 50.7 Å². The third-order valence-corrected chi connectivity index (χ3v) is 7.90. The molecule has 4 aromatic rings. The van der Waals surface area contributed by atoms with Crippen molar-refractivity contribution in [2.75, 3.05) is 17.1 Å². The van der Waals surface area contributed by atoms with Gasteiger partial charge in [-0.2, -0.15) is 0 Å². The Morgan fingerprint density at radius 3 is 2.67 bits per heavy atom. The van der Waals surface area contributed by atoms with Gasteiger partial charge >= 0.3 is 0 Å². The third-order valence-electron chi connectivity index (χ3n) is 6.54. The fourth-order valence-electron chi connectivity index (χ4n) is 4.64. The van der Waals surface area contributed by atoms with Crippen molar-refractivity contribution < 1.29 is 4.74 Å². The molecule has 5 rings (SSSR count). The molecule has 8 heteroatoms. The largest absolute Gasteiger partial charge is 0.494 e. The van der Waals surface area contributed by atoms with E-state index in [1.54, 1.807) is 7.11 Å². The zero-order chi connectivity index (χ0) is 24.9. The first-order valence-corrected chi connectivity index (χ1v) is 13.6. The third kappa shape index (κ3) is 5.52. The van der Waals surface area contributed by atoms with Crippen LogP contribution in [0.3, 0.4) is 0 Å². The number of aryl methyl sites for hydroxylation is 1. The van der Waals surface area contributed by atoms with E-state index in [4.69, 9.17) is 26.3 Å². The minimum atomic E-state index is 0.470. The monoisotopic (exact) mass is 519 g/mol. The highest BCUT2D eigenvalue weighted by Crippen LogP contribution is 2.35. The zero-order valence-corrected chi connectivity index (χ0v) is 22.1. The number of aromatic nitrogens is 3. The van der Waals surface area contributed by atoms with E-state index in [1.807, 2.05) is 42.7 Å². The number of rotatable bonds is 8. The average Bonchev–Trinajstić information content (AvgIpc) is 2.92. The fourth-order valence-corrected chi connectivity index (χ4v) is 5.54. The molecule has 0 radical (unpaired) electrons. The molecule has 1 aliphatic carbocycles. The number of hydrogen-bond acceptors (Lipinski definition) is 7. The molecule has 0 saturated heterocycles. The molecular formula is C28H30ClN5OS. The molecule has 0 amide bonds. The van der Waals surface area contributed by atoms with Gasteiger partial charge in [0.05, 0.1) is 29.5 Å². The van der Waals surface area contributed by atoms with Crippen LogP contribution in [0.1, 0.15) is 44.6 Å². The van der Waals surface area contributed by atoms with Gasteiger partial charge in [0.25, 0.3) is 0 Å². The predicted octanol–water partition coefficient (Wildman–Crippen LogP) is 7.78. The maximum Gasteiger partial charge on any atom is 0.223 e. The summed E-state index contributed by atoms with van der Waals surface area (Å²) in [7, 11) is 1.67. The standard InChI is InChI=1S/C28H30ClN5OS/c1-3-18-13-19(14-20-16-31-28(33-26(18)20)32-21-9-5-4-6-10-21)27-24(35-2)15-22(17-30-27)34-36-25-12-8-7-11-23(25)29/h7-8,11-17,21,34H,3-6,9-10H2,1-2H3,(H,31,32,33). The predicted molar refractivity (Wildman–Crippen MR) is 150 cm³/mol. The number of methoxy groups -OCH3 is 1. The normalized spacial score (nSPS) is 14.1. The summed E-state index contributed by atoms with van der Waals surface area (Å²) in [6, 6.07) is 14.4. The summed E-state index contributed by atoms with van der Waals surface area (Å²) in [5, 5.41) is 5.25. The molecule has 6 nitrogen and oxygen atoms in total. The number of halogens is 1. The van der Waals surface area contributed by atoms with E-state index in [0.29, 0.717) is 16.8 Å². The van der Waals surface area contributed by atoms with Gasteiger partial charge in [-0.3, -0.25) is 4.98 Å². The summed E-state index contributed by atoms with van der Waals surface area (Å²) in [6.07, 6.45) is 10.8. The zero-order valence-electron chi connectivity index (χ0n) is 20.6. The molecule has 0 unspecified atom stereocenters. The number of pyridine rings is 1. The summed E-state index contributed by atoms with van der Waals surface area (Å²) in [5.41, 5.74) is 4.75. The van der Waals surface area contributed by atoms with E-state index in [-0.39, 0.29) is 0 Å². The van der Waals surface area contributed by atoms with Crippen LogP contribution in [-0.2, 0) is 6.42 Å². The van der Waals surface area contributed by atoms with Crippen molar-refractivity contribution in [2.45, 2.75) is 56.4 Å². The SMILES string of the molecule is CCc1cc(-c2ncc(NSc3ccccc3Cl)cc2OC)cc2cnc(NC3CCCCC3)nc12. The molecular weight excluding hydrogens is 490 g/mol. The van der Waals surface area contributed by atoms with Crippen molar-refractivity contribution in [1.29, 1.82) is 0 Å². The van der Waals surface area contributed by atoms with Crippen LogP contribution < -0.4 is 14.8 Å². The van der Waals surface area contributed by atoms with Gasteiger partial charge < -0.3 is 14.8 Å². The highest BCUT2D eigenvalue weighted by atomic mass is 35.5. The second kappa shape index (κ2) is 11.4. The molecule has 2 aromatic carbocycles. The lowest BCUT2D eigenvalue weighted by atomic mass is 9.96. The second-order valence-corrected chi connectivity index (χ2v) is 10.3. The van der Waals surface area contributed by atoms with Gasteiger partial charge in [-0.1, -0.05) is 49.9 Å². The molecule has 1 saturated carbocycles. The molecule has 0 atom stereocenters. The first-order chi connectivity index (χ1) is 17.6. The quantitative estimate of drug-likeness (QED) is 0.230. The van der Waals surface area contributed by atoms with Gasteiger partial charge in [0.2, 0.25) is 5.95 Å². The Morgan fingerprint density at radius 1 is 1.06 bits per heavy atom. The van der Waals surface area contributed by atoms with Crippen molar-refractivity contribution in [3.05, 3.63) is 65.4 Å². The first-order valence-electron chi connectivity index (χ1n) is 12.4. The number of hydrogen-bond donors (Lipinski definition) is 2. The Morgan fingerprint density at radius 2 is 1.89 bits per heavy atom. The van der Waals surface area contributed by atoms with E-state index >= 15 is 0 Å². The number of anilines is 2. The molecule has 0 bridgehead atoms. The highest BCUT2D eigenvalue weighted by molar-refractivity contribution is 8.00. The number of ether oxygens (including phenoxy) is 1. The van der Waals surface area contributed by atoms with Gasteiger partial charge in [0.15, 0.2) is 0 Å². The molecule has 1 fully saturated rings. The Balaban J connectivity index is 1.41. The molecule has 0 spiro atoms. The summed E-state index contributed by atoms with van der Waals surface area (Å²) in [6.45, 7) is 2.15. The van der Waals surface area contributed by atoms with Crippen molar-refractivity contribution in [1.82, 2.24) is 15.0 Å². The van der Waals surface area contributed by atoms with Crippen LogP contribution in [0.4, 0.5) is 11.6 Å². The lowest BCUT2D eigenvalue weighted by Crippen LogP contribution is -2.23. The highest BCUT2D eigenvalue weighted by Gasteiger charge is 2.16. The van der Waals surface area contributed by atoms with Crippen LogP contribution in [0, 0.1) is 0 Å². The second-order valence-electron chi connectivity index (χ2n) is 9.01. The Kier molecular flexibility index (Phi) is 7.78. The lowest BCUT2D eigenvalue weighted by Gasteiger charge is -2.22. The summed E-state index contributed by atoms with van der Waals surface area (Å²) < 4.78 is 9.04. The van der Waals surface area contributed by atoms with E-state index in [2.05, 4.69) is 34.1 Å².